The smallest absolute Gasteiger partial charge is 0.189 e. The molecule has 0 atom stereocenters. The second-order valence-corrected chi connectivity index (χ2v) is 3.61. The normalized spacial score (nSPS) is 9.53. The van der Waals surface area contributed by atoms with Crippen molar-refractivity contribution in [2.75, 3.05) is 14.2 Å². The highest BCUT2D eigenvalue weighted by Gasteiger charge is 2.13. The summed E-state index contributed by atoms with van der Waals surface area (Å²) in [4.78, 5) is 11.5. The third-order valence-corrected chi connectivity index (χ3v) is 2.54. The molecule has 0 spiro atoms. The lowest BCUT2D eigenvalue weighted by Gasteiger charge is -2.09. The van der Waals surface area contributed by atoms with Gasteiger partial charge in [0.2, 0.25) is 0 Å². The number of carbonyl (C=O) groups is 1. The summed E-state index contributed by atoms with van der Waals surface area (Å²) in [6.45, 7) is 3.43. The van der Waals surface area contributed by atoms with Crippen molar-refractivity contribution in [3.63, 3.8) is 0 Å². The SMILES string of the molecule is C=CC(=O)c1cc(OC)c(Br)cc1OC. The van der Waals surface area contributed by atoms with Crippen LogP contribution in [0.2, 0.25) is 0 Å². The van der Waals surface area contributed by atoms with Crippen LogP contribution >= 0.6 is 15.9 Å². The van der Waals surface area contributed by atoms with Gasteiger partial charge in [-0.1, -0.05) is 6.58 Å². The van der Waals surface area contributed by atoms with Gasteiger partial charge in [0.15, 0.2) is 5.78 Å². The Balaban J connectivity index is 3.34. The second-order valence-electron chi connectivity index (χ2n) is 2.76. The summed E-state index contributed by atoms with van der Waals surface area (Å²) in [5.74, 6) is 0.881. The van der Waals surface area contributed by atoms with Gasteiger partial charge < -0.3 is 9.47 Å². The maximum Gasteiger partial charge on any atom is 0.189 e. The van der Waals surface area contributed by atoms with E-state index in [-0.39, 0.29) is 5.78 Å². The molecule has 0 heterocycles. The van der Waals surface area contributed by atoms with Crippen LogP contribution in [-0.4, -0.2) is 20.0 Å². The van der Waals surface area contributed by atoms with Crippen LogP contribution < -0.4 is 9.47 Å². The molecule has 1 aromatic carbocycles. The molecule has 15 heavy (non-hydrogen) atoms. The van der Waals surface area contributed by atoms with Gasteiger partial charge in [0.25, 0.3) is 0 Å². The molecule has 0 aromatic heterocycles. The molecule has 1 aromatic rings. The fourth-order valence-corrected chi connectivity index (χ4v) is 1.65. The first kappa shape index (κ1) is 11.8. The first-order chi connectivity index (χ1) is 7.13. The minimum absolute atomic E-state index is 0.197. The number of hydrogen-bond donors (Lipinski definition) is 0. The zero-order chi connectivity index (χ0) is 11.4. The lowest BCUT2D eigenvalue weighted by molar-refractivity contribution is 0.104. The van der Waals surface area contributed by atoms with Gasteiger partial charge in [0.05, 0.1) is 24.3 Å². The number of carbonyl (C=O) groups excluding carboxylic acids is 1. The lowest BCUT2D eigenvalue weighted by atomic mass is 10.1. The molecule has 0 bridgehead atoms. The van der Waals surface area contributed by atoms with Gasteiger partial charge in [0, 0.05) is 0 Å². The Hall–Kier alpha value is -1.29. The molecule has 0 saturated carbocycles. The molecule has 0 N–H and O–H groups in total. The van der Waals surface area contributed by atoms with Gasteiger partial charge in [-0.05, 0) is 34.1 Å². The van der Waals surface area contributed by atoms with E-state index in [0.717, 1.165) is 4.47 Å². The van der Waals surface area contributed by atoms with Crippen molar-refractivity contribution < 1.29 is 14.3 Å². The highest BCUT2D eigenvalue weighted by molar-refractivity contribution is 9.10. The number of halogens is 1. The summed E-state index contributed by atoms with van der Waals surface area (Å²) in [6, 6.07) is 3.31. The minimum Gasteiger partial charge on any atom is -0.496 e. The van der Waals surface area contributed by atoms with E-state index < -0.39 is 0 Å². The van der Waals surface area contributed by atoms with Crippen LogP contribution in [0.15, 0.2) is 29.3 Å². The highest BCUT2D eigenvalue weighted by atomic mass is 79.9. The van der Waals surface area contributed by atoms with E-state index in [1.165, 1.54) is 20.3 Å². The lowest BCUT2D eigenvalue weighted by Crippen LogP contribution is -2.00. The molecule has 4 heteroatoms. The zero-order valence-corrected chi connectivity index (χ0v) is 10.1. The number of hydrogen-bond acceptors (Lipinski definition) is 3. The van der Waals surface area contributed by atoms with Crippen molar-refractivity contribution in [2.45, 2.75) is 0 Å². The number of benzene rings is 1. The average molecular weight is 271 g/mol. The number of methoxy groups -OCH3 is 2. The maximum atomic E-state index is 11.5. The second kappa shape index (κ2) is 4.98. The Morgan fingerprint density at radius 2 is 1.93 bits per heavy atom. The van der Waals surface area contributed by atoms with Gasteiger partial charge in [-0.2, -0.15) is 0 Å². The predicted octanol–water partition coefficient (Wildman–Crippen LogP) is 2.84. The molecule has 0 aliphatic carbocycles. The summed E-state index contributed by atoms with van der Waals surface area (Å²) in [5.41, 5.74) is 0.438. The first-order valence-corrected chi connectivity index (χ1v) is 5.01. The Morgan fingerprint density at radius 1 is 1.33 bits per heavy atom. The predicted molar refractivity (Wildman–Crippen MR) is 61.8 cm³/mol. The molecule has 80 valence electrons. The zero-order valence-electron chi connectivity index (χ0n) is 8.54. The van der Waals surface area contributed by atoms with Crippen molar-refractivity contribution in [3.8, 4) is 11.5 Å². The van der Waals surface area contributed by atoms with Gasteiger partial charge >= 0.3 is 0 Å². The summed E-state index contributed by atoms with van der Waals surface area (Å²) >= 11 is 3.31. The molecule has 0 fully saturated rings. The average Bonchev–Trinajstić information content (AvgIpc) is 2.27. The van der Waals surface area contributed by atoms with Crippen molar-refractivity contribution in [3.05, 3.63) is 34.8 Å². The maximum absolute atomic E-state index is 11.5. The minimum atomic E-state index is -0.197. The Labute approximate surface area is 96.8 Å². The van der Waals surface area contributed by atoms with E-state index in [2.05, 4.69) is 22.5 Å². The largest absolute Gasteiger partial charge is 0.496 e. The molecule has 0 aliphatic heterocycles. The number of ketones is 1. The Bertz CT molecular complexity index is 399. The first-order valence-electron chi connectivity index (χ1n) is 4.22. The molecular weight excluding hydrogens is 260 g/mol. The third kappa shape index (κ3) is 2.39. The number of allylic oxidation sites excluding steroid dienone is 1. The molecule has 0 amide bonds. The molecular formula is C11H11BrO3. The van der Waals surface area contributed by atoms with Crippen molar-refractivity contribution in [2.24, 2.45) is 0 Å². The van der Waals surface area contributed by atoms with E-state index in [1.54, 1.807) is 12.1 Å². The standard InChI is InChI=1S/C11H11BrO3/c1-4-9(13)7-5-11(15-3)8(12)6-10(7)14-2/h4-6H,1H2,2-3H3. The van der Waals surface area contributed by atoms with E-state index >= 15 is 0 Å². The van der Waals surface area contributed by atoms with Crippen molar-refractivity contribution >= 4 is 21.7 Å². The third-order valence-electron chi connectivity index (χ3n) is 1.92. The van der Waals surface area contributed by atoms with Crippen LogP contribution in [0.3, 0.4) is 0 Å². The van der Waals surface area contributed by atoms with Gasteiger partial charge in [-0.3, -0.25) is 4.79 Å². The fraction of sp³-hybridized carbons (Fsp3) is 0.182. The van der Waals surface area contributed by atoms with E-state index in [4.69, 9.17) is 9.47 Å². The summed E-state index contributed by atoms with van der Waals surface area (Å²) in [5, 5.41) is 0. The number of rotatable bonds is 4. The fourth-order valence-electron chi connectivity index (χ4n) is 1.16. The monoisotopic (exact) mass is 270 g/mol. The topological polar surface area (TPSA) is 35.5 Å². The quantitative estimate of drug-likeness (QED) is 0.624. The Kier molecular flexibility index (Phi) is 3.91. The van der Waals surface area contributed by atoms with Crippen LogP contribution in [-0.2, 0) is 0 Å². The molecule has 0 unspecified atom stereocenters. The van der Waals surface area contributed by atoms with E-state index in [0.29, 0.717) is 17.1 Å². The van der Waals surface area contributed by atoms with Crippen LogP contribution in [0.5, 0.6) is 11.5 Å². The molecule has 1 rings (SSSR count). The summed E-state index contributed by atoms with van der Waals surface area (Å²) < 4.78 is 10.9. The molecule has 3 nitrogen and oxygen atoms in total. The summed E-state index contributed by atoms with van der Waals surface area (Å²) in [6.07, 6.45) is 1.24. The van der Waals surface area contributed by atoms with Crippen molar-refractivity contribution in [1.29, 1.82) is 0 Å². The van der Waals surface area contributed by atoms with Crippen LogP contribution in [0.4, 0.5) is 0 Å². The van der Waals surface area contributed by atoms with E-state index in [1.807, 2.05) is 0 Å². The van der Waals surface area contributed by atoms with Gasteiger partial charge in [-0.25, -0.2) is 0 Å². The van der Waals surface area contributed by atoms with Crippen LogP contribution in [0.1, 0.15) is 10.4 Å². The highest BCUT2D eigenvalue weighted by Crippen LogP contribution is 2.32. The van der Waals surface area contributed by atoms with Gasteiger partial charge in [0.1, 0.15) is 11.5 Å². The van der Waals surface area contributed by atoms with Crippen molar-refractivity contribution in [1.82, 2.24) is 0 Å². The molecule has 0 saturated heterocycles. The number of ether oxygens (including phenoxy) is 2. The molecule has 0 radical (unpaired) electrons. The summed E-state index contributed by atoms with van der Waals surface area (Å²) in [7, 11) is 3.04. The van der Waals surface area contributed by atoms with Crippen LogP contribution in [0.25, 0.3) is 0 Å². The van der Waals surface area contributed by atoms with Crippen LogP contribution in [0, 0.1) is 0 Å². The molecule has 0 aliphatic rings. The Morgan fingerprint density at radius 3 is 2.40 bits per heavy atom. The van der Waals surface area contributed by atoms with E-state index in [9.17, 15) is 4.79 Å². The van der Waals surface area contributed by atoms with Gasteiger partial charge in [-0.15, -0.1) is 0 Å².